The summed E-state index contributed by atoms with van der Waals surface area (Å²) < 4.78 is 3.00. The van der Waals surface area contributed by atoms with Gasteiger partial charge in [0.25, 0.3) is 5.91 Å². The summed E-state index contributed by atoms with van der Waals surface area (Å²) in [6, 6.07) is 16.3. The molecule has 3 rings (SSSR count). The third-order valence-electron chi connectivity index (χ3n) is 4.78. The van der Waals surface area contributed by atoms with Crippen LogP contribution in [-0.2, 0) is 11.3 Å². The number of thioether (sulfide) groups is 1. The van der Waals surface area contributed by atoms with Crippen molar-refractivity contribution < 1.29 is 9.59 Å². The number of halogens is 1. The molecule has 2 amide bonds. The van der Waals surface area contributed by atoms with Gasteiger partial charge in [0.1, 0.15) is 0 Å². The molecule has 0 aliphatic carbocycles. The van der Waals surface area contributed by atoms with Gasteiger partial charge in [-0.2, -0.15) is 0 Å². The van der Waals surface area contributed by atoms with Crippen LogP contribution in [0, 0.1) is 9.49 Å². The van der Waals surface area contributed by atoms with E-state index in [4.69, 9.17) is 0 Å². The number of rotatable bonds is 10. The average Bonchev–Trinajstić information content (AvgIpc) is 3.20. The molecular weight excluding hydrogens is 549 g/mol. The van der Waals surface area contributed by atoms with Crippen molar-refractivity contribution in [3.05, 3.63) is 82.2 Å². The largest absolute Gasteiger partial charge is 0.342 e. The second-order valence-electron chi connectivity index (χ2n) is 7.64. The predicted octanol–water partition coefficient (Wildman–Crippen LogP) is 4.93. The molecule has 1 atom stereocenters. The summed E-state index contributed by atoms with van der Waals surface area (Å²) in [7, 11) is 0. The van der Waals surface area contributed by atoms with Crippen molar-refractivity contribution in [3.63, 3.8) is 0 Å². The van der Waals surface area contributed by atoms with Crippen LogP contribution in [0.5, 0.6) is 0 Å². The van der Waals surface area contributed by atoms with E-state index in [9.17, 15) is 9.59 Å². The Morgan fingerprint density at radius 1 is 1.12 bits per heavy atom. The molecule has 1 heterocycles. The highest BCUT2D eigenvalue weighted by atomic mass is 127. The number of aromatic nitrogens is 3. The summed E-state index contributed by atoms with van der Waals surface area (Å²) >= 11 is 3.52. The van der Waals surface area contributed by atoms with Crippen LogP contribution in [0.15, 0.2) is 72.4 Å². The van der Waals surface area contributed by atoms with E-state index in [0.29, 0.717) is 23.1 Å². The zero-order chi connectivity index (χ0) is 23.8. The summed E-state index contributed by atoms with van der Waals surface area (Å²) in [5.41, 5.74) is 1.33. The number of hydrogen-bond donors (Lipinski definition) is 2. The summed E-state index contributed by atoms with van der Waals surface area (Å²) in [6.45, 7) is 8.34. The molecule has 0 spiro atoms. The molecule has 2 aromatic carbocycles. The van der Waals surface area contributed by atoms with Crippen molar-refractivity contribution in [3.8, 4) is 0 Å². The molecule has 1 aromatic heterocycles. The van der Waals surface area contributed by atoms with Crippen LogP contribution in [0.25, 0.3) is 0 Å². The van der Waals surface area contributed by atoms with Crippen LogP contribution in [0.2, 0.25) is 0 Å². The second-order valence-corrected chi connectivity index (χ2v) is 9.83. The number of anilines is 1. The van der Waals surface area contributed by atoms with Crippen LogP contribution in [0.3, 0.4) is 0 Å². The number of amides is 2. The van der Waals surface area contributed by atoms with Gasteiger partial charge in [0.05, 0.1) is 11.8 Å². The Bertz CT molecular complexity index is 1100. The highest BCUT2D eigenvalue weighted by Gasteiger charge is 2.26. The normalized spacial score (nSPS) is 11.8. The Balaban J connectivity index is 1.73. The molecule has 0 fully saturated rings. The third-order valence-corrected chi connectivity index (χ3v) is 6.47. The van der Waals surface area contributed by atoms with E-state index in [0.717, 1.165) is 9.26 Å². The molecular formula is C24H26IN5O2S. The van der Waals surface area contributed by atoms with Gasteiger partial charge in [-0.05, 0) is 64.9 Å². The molecule has 9 heteroatoms. The second kappa shape index (κ2) is 12.0. The lowest BCUT2D eigenvalue weighted by Gasteiger charge is -2.22. The van der Waals surface area contributed by atoms with Crippen LogP contribution in [0.4, 0.5) is 5.69 Å². The van der Waals surface area contributed by atoms with Gasteiger partial charge in [-0.25, -0.2) is 0 Å². The molecule has 172 valence electrons. The van der Waals surface area contributed by atoms with E-state index in [2.05, 4.69) is 50.0 Å². The van der Waals surface area contributed by atoms with Gasteiger partial charge in [0.2, 0.25) is 5.91 Å². The predicted molar refractivity (Wildman–Crippen MR) is 140 cm³/mol. The molecule has 0 saturated heterocycles. The molecule has 0 bridgehead atoms. The van der Waals surface area contributed by atoms with E-state index >= 15 is 0 Å². The van der Waals surface area contributed by atoms with Crippen molar-refractivity contribution in [1.82, 2.24) is 20.1 Å². The van der Waals surface area contributed by atoms with Crippen molar-refractivity contribution >= 4 is 51.9 Å². The lowest BCUT2D eigenvalue weighted by atomic mass is 10.0. The minimum atomic E-state index is -0.347. The van der Waals surface area contributed by atoms with Crippen LogP contribution >= 0.6 is 34.4 Å². The number of allylic oxidation sites excluding steroid dienone is 1. The number of carbonyl (C=O) groups excluding carboxylic acids is 2. The lowest BCUT2D eigenvalue weighted by Crippen LogP contribution is -2.33. The van der Waals surface area contributed by atoms with Crippen molar-refractivity contribution in [2.45, 2.75) is 31.6 Å². The zero-order valence-electron chi connectivity index (χ0n) is 18.5. The molecule has 3 aromatic rings. The first kappa shape index (κ1) is 25.0. The Morgan fingerprint density at radius 3 is 2.45 bits per heavy atom. The Morgan fingerprint density at radius 2 is 1.82 bits per heavy atom. The van der Waals surface area contributed by atoms with Crippen molar-refractivity contribution in [1.29, 1.82) is 0 Å². The van der Waals surface area contributed by atoms with E-state index in [1.54, 1.807) is 18.2 Å². The first-order chi connectivity index (χ1) is 15.9. The van der Waals surface area contributed by atoms with Gasteiger partial charge in [0, 0.05) is 21.4 Å². The summed E-state index contributed by atoms with van der Waals surface area (Å²) in [5.74, 6) is 0.591. The van der Waals surface area contributed by atoms with E-state index in [-0.39, 0.29) is 29.5 Å². The third kappa shape index (κ3) is 6.91. The maximum Gasteiger partial charge on any atom is 0.251 e. The minimum Gasteiger partial charge on any atom is -0.342 e. The molecule has 0 radical (unpaired) electrons. The molecule has 2 N–H and O–H groups in total. The van der Waals surface area contributed by atoms with Crippen LogP contribution in [-0.4, -0.2) is 32.3 Å². The van der Waals surface area contributed by atoms with Gasteiger partial charge in [-0.3, -0.25) is 9.59 Å². The monoisotopic (exact) mass is 575 g/mol. The summed E-state index contributed by atoms with van der Waals surface area (Å²) in [4.78, 5) is 25.2. The smallest absolute Gasteiger partial charge is 0.251 e. The topological polar surface area (TPSA) is 88.9 Å². The molecule has 33 heavy (non-hydrogen) atoms. The molecule has 7 nitrogen and oxygen atoms in total. The Labute approximate surface area is 211 Å². The maximum absolute atomic E-state index is 12.8. The highest BCUT2D eigenvalue weighted by molar-refractivity contribution is 14.1. The summed E-state index contributed by atoms with van der Waals surface area (Å²) in [6.07, 6.45) is 1.75. The van der Waals surface area contributed by atoms with Gasteiger partial charge in [-0.15, -0.1) is 16.8 Å². The van der Waals surface area contributed by atoms with Crippen molar-refractivity contribution in [2.75, 3.05) is 11.1 Å². The minimum absolute atomic E-state index is 0.0763. The lowest BCUT2D eigenvalue weighted by molar-refractivity contribution is -0.113. The Hall–Kier alpha value is -2.66. The molecule has 0 saturated carbocycles. The fraction of sp³-hybridized carbons (Fsp3) is 0.250. The van der Waals surface area contributed by atoms with E-state index in [1.165, 1.54) is 11.8 Å². The Kier molecular flexibility index (Phi) is 9.07. The van der Waals surface area contributed by atoms with E-state index < -0.39 is 0 Å². The number of hydrogen-bond acceptors (Lipinski definition) is 5. The number of benzene rings is 2. The average molecular weight is 575 g/mol. The highest BCUT2D eigenvalue weighted by Crippen LogP contribution is 2.26. The standard InChI is InChI=1S/C24H26IN5O2S/c1-4-14-30-22(21(16(2)3)27-23(32)17-8-6-5-7-9-17)28-29-24(30)33-15-20(31)26-19-12-10-18(25)11-13-19/h4-13,16,21H,1,14-15H2,2-3H3,(H,26,31)(H,27,32)/t21-/m1/s1. The SMILES string of the molecule is C=CCn1c(SCC(=O)Nc2ccc(I)cc2)nnc1[C@H](NC(=O)c1ccccc1)C(C)C. The fourth-order valence-corrected chi connectivity index (χ4v) is 4.26. The number of carbonyl (C=O) groups is 2. The van der Waals surface area contributed by atoms with Gasteiger partial charge in [0.15, 0.2) is 11.0 Å². The number of nitrogens with one attached hydrogen (secondary N) is 2. The maximum atomic E-state index is 12.8. The molecule has 0 aliphatic heterocycles. The first-order valence-corrected chi connectivity index (χ1v) is 12.5. The van der Waals surface area contributed by atoms with Gasteiger partial charge in [-0.1, -0.05) is 49.9 Å². The quantitative estimate of drug-likeness (QED) is 0.204. The first-order valence-electron chi connectivity index (χ1n) is 10.5. The van der Waals surface area contributed by atoms with Gasteiger partial charge < -0.3 is 15.2 Å². The molecule has 0 unspecified atom stereocenters. The molecule has 0 aliphatic rings. The fourth-order valence-electron chi connectivity index (χ4n) is 3.14. The van der Waals surface area contributed by atoms with Crippen LogP contribution in [0.1, 0.15) is 36.1 Å². The van der Waals surface area contributed by atoms with Gasteiger partial charge >= 0.3 is 0 Å². The number of nitrogens with zero attached hydrogens (tertiary/aromatic N) is 3. The van der Waals surface area contributed by atoms with Crippen LogP contribution < -0.4 is 10.6 Å². The zero-order valence-corrected chi connectivity index (χ0v) is 21.5. The van der Waals surface area contributed by atoms with Crippen molar-refractivity contribution in [2.24, 2.45) is 5.92 Å². The van der Waals surface area contributed by atoms with E-state index in [1.807, 2.05) is 60.9 Å². The summed E-state index contributed by atoms with van der Waals surface area (Å²) in [5, 5.41) is 15.2.